The van der Waals surface area contributed by atoms with Gasteiger partial charge in [0.25, 0.3) is 0 Å². The third-order valence-corrected chi connectivity index (χ3v) is 6.96. The molecule has 0 aliphatic carbocycles. The van der Waals surface area contributed by atoms with Crippen molar-refractivity contribution in [2.75, 3.05) is 27.7 Å². The predicted octanol–water partition coefficient (Wildman–Crippen LogP) is 2.75. The maximum atomic E-state index is 12.4. The molecule has 4 N–H and O–H groups in total. The molecule has 1 heterocycles. The molecule has 1 aliphatic heterocycles. The van der Waals surface area contributed by atoms with Crippen LogP contribution in [0.3, 0.4) is 0 Å². The predicted molar refractivity (Wildman–Crippen MR) is 129 cm³/mol. The SMILES string of the molecule is CCCCCC(NC)OC(NC)C1=C(N)N(C)CC(c2ccc(S(=O)C(C)C)cc2)=N1. The number of unbranched alkanes of at least 4 members (excludes halogenated alkanes) is 2. The van der Waals surface area contributed by atoms with Crippen LogP contribution in [0.1, 0.15) is 52.0 Å². The van der Waals surface area contributed by atoms with Crippen molar-refractivity contribution < 1.29 is 8.95 Å². The van der Waals surface area contributed by atoms with Gasteiger partial charge in [-0.1, -0.05) is 45.7 Å². The summed E-state index contributed by atoms with van der Waals surface area (Å²) in [7, 11) is 4.71. The van der Waals surface area contributed by atoms with Crippen LogP contribution in [0.2, 0.25) is 0 Å². The average molecular weight is 450 g/mol. The van der Waals surface area contributed by atoms with Gasteiger partial charge in [0, 0.05) is 17.2 Å². The zero-order chi connectivity index (χ0) is 23.0. The van der Waals surface area contributed by atoms with Crippen LogP contribution < -0.4 is 16.4 Å². The van der Waals surface area contributed by atoms with E-state index in [0.717, 1.165) is 29.0 Å². The summed E-state index contributed by atoms with van der Waals surface area (Å²) in [4.78, 5) is 7.70. The Labute approximate surface area is 190 Å². The van der Waals surface area contributed by atoms with Crippen LogP contribution in [-0.4, -0.2) is 60.2 Å². The highest BCUT2D eigenvalue weighted by molar-refractivity contribution is 7.85. The van der Waals surface area contributed by atoms with Gasteiger partial charge in [-0.05, 0) is 44.6 Å². The fourth-order valence-corrected chi connectivity index (χ4v) is 4.39. The fourth-order valence-electron chi connectivity index (χ4n) is 3.44. The zero-order valence-electron chi connectivity index (χ0n) is 19.8. The van der Waals surface area contributed by atoms with Crippen LogP contribution >= 0.6 is 0 Å². The number of hydrogen-bond acceptors (Lipinski definition) is 7. The van der Waals surface area contributed by atoms with E-state index in [1.807, 2.05) is 64.2 Å². The number of nitrogens with zero attached hydrogens (tertiary/aromatic N) is 2. The van der Waals surface area contributed by atoms with Crippen molar-refractivity contribution >= 4 is 16.5 Å². The maximum Gasteiger partial charge on any atom is 0.156 e. The highest BCUT2D eigenvalue weighted by Crippen LogP contribution is 2.22. The maximum absolute atomic E-state index is 12.4. The van der Waals surface area contributed by atoms with Gasteiger partial charge in [-0.2, -0.15) is 0 Å². The Morgan fingerprint density at radius 1 is 1.19 bits per heavy atom. The van der Waals surface area contributed by atoms with Crippen molar-refractivity contribution in [3.05, 3.63) is 41.3 Å². The molecule has 0 amide bonds. The summed E-state index contributed by atoms with van der Waals surface area (Å²) >= 11 is 0. The second-order valence-corrected chi connectivity index (χ2v) is 10.1. The minimum absolute atomic E-state index is 0.0829. The van der Waals surface area contributed by atoms with Crippen molar-refractivity contribution in [3.8, 4) is 0 Å². The van der Waals surface area contributed by atoms with Gasteiger partial charge in [0.15, 0.2) is 6.23 Å². The largest absolute Gasteiger partial charge is 0.384 e. The Kier molecular flexibility index (Phi) is 10.2. The molecule has 0 spiro atoms. The van der Waals surface area contributed by atoms with Crippen LogP contribution in [0.15, 0.2) is 45.7 Å². The van der Waals surface area contributed by atoms with Crippen LogP contribution in [0, 0.1) is 0 Å². The summed E-state index contributed by atoms with van der Waals surface area (Å²) in [6, 6.07) is 7.81. The molecule has 1 aromatic rings. The summed E-state index contributed by atoms with van der Waals surface area (Å²) in [5.41, 5.74) is 8.97. The molecule has 2 rings (SSSR count). The van der Waals surface area contributed by atoms with Gasteiger partial charge in [0.05, 0.1) is 23.1 Å². The number of nitrogens with one attached hydrogen (secondary N) is 2. The number of rotatable bonds is 12. The molecule has 1 aromatic carbocycles. The van der Waals surface area contributed by atoms with E-state index in [2.05, 4.69) is 17.6 Å². The number of nitrogens with two attached hydrogens (primary N) is 1. The molecule has 31 heavy (non-hydrogen) atoms. The molecule has 0 saturated carbocycles. The normalized spacial score (nSPS) is 17.6. The monoisotopic (exact) mass is 449 g/mol. The van der Waals surface area contributed by atoms with Crippen molar-refractivity contribution in [1.82, 2.24) is 15.5 Å². The molecule has 0 radical (unpaired) electrons. The third-order valence-electron chi connectivity index (χ3n) is 5.37. The van der Waals surface area contributed by atoms with Gasteiger partial charge in [0.1, 0.15) is 17.7 Å². The van der Waals surface area contributed by atoms with E-state index < -0.39 is 17.0 Å². The molecule has 0 saturated heterocycles. The molecule has 0 bridgehead atoms. The minimum Gasteiger partial charge on any atom is -0.384 e. The Hall–Kier alpha value is -1.74. The molecule has 1 aliphatic rings. The van der Waals surface area contributed by atoms with Crippen molar-refractivity contribution in [2.45, 2.75) is 69.1 Å². The molecular weight excluding hydrogens is 410 g/mol. The van der Waals surface area contributed by atoms with Crippen molar-refractivity contribution in [1.29, 1.82) is 0 Å². The summed E-state index contributed by atoms with van der Waals surface area (Å²) in [6.45, 7) is 6.72. The highest BCUT2D eigenvalue weighted by Gasteiger charge is 2.26. The summed E-state index contributed by atoms with van der Waals surface area (Å²) in [6.07, 6.45) is 3.87. The number of likely N-dealkylation sites (N-methyl/N-ethyl adjacent to an activating group) is 2. The lowest BCUT2D eigenvalue weighted by molar-refractivity contribution is -0.0278. The third kappa shape index (κ3) is 6.87. The number of aliphatic imine (C=N–C) groups is 1. The topological polar surface area (TPSA) is 92.0 Å². The number of benzene rings is 1. The summed E-state index contributed by atoms with van der Waals surface area (Å²) in [5.74, 6) is 0.601. The molecule has 0 aromatic heterocycles. The Morgan fingerprint density at radius 2 is 1.87 bits per heavy atom. The first-order chi connectivity index (χ1) is 14.8. The van der Waals surface area contributed by atoms with E-state index in [4.69, 9.17) is 15.5 Å². The molecule has 8 heteroatoms. The van der Waals surface area contributed by atoms with Gasteiger partial charge in [0.2, 0.25) is 0 Å². The Balaban J connectivity index is 2.25. The Bertz CT molecular complexity index is 792. The minimum atomic E-state index is -1.01. The molecule has 3 atom stereocenters. The van der Waals surface area contributed by atoms with Gasteiger partial charge in [-0.15, -0.1) is 0 Å². The zero-order valence-corrected chi connectivity index (χ0v) is 20.6. The molecule has 0 fully saturated rings. The first-order valence-electron chi connectivity index (χ1n) is 11.1. The lowest BCUT2D eigenvalue weighted by Gasteiger charge is -2.32. The van der Waals surface area contributed by atoms with E-state index in [0.29, 0.717) is 18.1 Å². The van der Waals surface area contributed by atoms with Gasteiger partial charge in [-0.25, -0.2) is 4.99 Å². The standard InChI is InChI=1S/C23H39N5O2S/c1-7-8-9-10-20(25-4)30-23(26-5)21-22(24)28(6)15-19(27-21)17-11-13-18(14-12-17)31(29)16(2)3/h11-14,16,20,23,25-26H,7-10,15,24H2,1-6H3. The first-order valence-corrected chi connectivity index (χ1v) is 12.3. The second kappa shape index (κ2) is 12.3. The lowest BCUT2D eigenvalue weighted by atomic mass is 10.1. The number of hydrogen-bond donors (Lipinski definition) is 3. The molecule has 3 unspecified atom stereocenters. The summed E-state index contributed by atoms with van der Waals surface area (Å²) < 4.78 is 18.6. The van der Waals surface area contributed by atoms with Crippen LogP contribution in [0.4, 0.5) is 0 Å². The molecular formula is C23H39N5O2S. The number of ether oxygens (including phenoxy) is 1. The van der Waals surface area contributed by atoms with E-state index in [-0.39, 0.29) is 11.5 Å². The molecule has 174 valence electrons. The molecule has 7 nitrogen and oxygen atoms in total. The average Bonchev–Trinajstić information content (AvgIpc) is 2.77. The van der Waals surface area contributed by atoms with E-state index >= 15 is 0 Å². The fraction of sp³-hybridized carbons (Fsp3) is 0.609. The van der Waals surface area contributed by atoms with E-state index in [1.54, 1.807) is 0 Å². The van der Waals surface area contributed by atoms with Gasteiger partial charge in [-0.3, -0.25) is 14.8 Å². The van der Waals surface area contributed by atoms with Crippen LogP contribution in [0.25, 0.3) is 0 Å². The van der Waals surface area contributed by atoms with Crippen LogP contribution in [-0.2, 0) is 15.5 Å². The van der Waals surface area contributed by atoms with Gasteiger partial charge >= 0.3 is 0 Å². The van der Waals surface area contributed by atoms with Crippen LogP contribution in [0.5, 0.6) is 0 Å². The van der Waals surface area contributed by atoms with E-state index in [1.165, 1.54) is 12.8 Å². The Morgan fingerprint density at radius 3 is 2.42 bits per heavy atom. The smallest absolute Gasteiger partial charge is 0.156 e. The van der Waals surface area contributed by atoms with E-state index in [9.17, 15) is 4.21 Å². The first kappa shape index (κ1) is 25.5. The lowest BCUT2D eigenvalue weighted by Crippen LogP contribution is -2.44. The quantitative estimate of drug-likeness (QED) is 0.336. The second-order valence-electron chi connectivity index (χ2n) is 8.13. The highest BCUT2D eigenvalue weighted by atomic mass is 32.2. The van der Waals surface area contributed by atoms with Crippen molar-refractivity contribution in [3.63, 3.8) is 0 Å². The van der Waals surface area contributed by atoms with Gasteiger partial charge < -0.3 is 15.4 Å². The van der Waals surface area contributed by atoms with Crippen molar-refractivity contribution in [2.24, 2.45) is 10.7 Å². The summed E-state index contributed by atoms with van der Waals surface area (Å²) in [5, 5.41) is 6.54.